The van der Waals surface area contributed by atoms with Gasteiger partial charge in [0.25, 0.3) is 0 Å². The average molecular weight is 289 g/mol. The normalized spacial score (nSPS) is 16.3. The molecule has 4 nitrogen and oxygen atoms in total. The van der Waals surface area contributed by atoms with Crippen LogP contribution in [0.2, 0.25) is 0 Å². The summed E-state index contributed by atoms with van der Waals surface area (Å²) in [5.74, 6) is 0.324. The molecular formula is C16H20FN3O. The number of anilines is 1. The number of benzene rings is 1. The number of ether oxygens (including phenoxy) is 1. The van der Waals surface area contributed by atoms with Crippen molar-refractivity contribution in [3.63, 3.8) is 0 Å². The molecule has 0 bridgehead atoms. The van der Waals surface area contributed by atoms with Gasteiger partial charge in [-0.15, -0.1) is 0 Å². The van der Waals surface area contributed by atoms with Crippen LogP contribution in [0.4, 0.5) is 10.1 Å². The third-order valence-electron chi connectivity index (χ3n) is 4.16. The zero-order chi connectivity index (χ0) is 14.8. The molecule has 1 aliphatic heterocycles. The molecule has 1 aliphatic rings. The lowest BCUT2D eigenvalue weighted by atomic mass is 10.0. The summed E-state index contributed by atoms with van der Waals surface area (Å²) in [6, 6.07) is 3.46. The predicted molar refractivity (Wildman–Crippen MR) is 80.3 cm³/mol. The maximum Gasteiger partial charge on any atom is 0.136 e. The highest BCUT2D eigenvalue weighted by Crippen LogP contribution is 2.28. The van der Waals surface area contributed by atoms with Crippen LogP contribution in [0.15, 0.2) is 24.5 Å². The van der Waals surface area contributed by atoms with Crippen LogP contribution in [0.25, 0.3) is 11.1 Å². The first-order valence-electron chi connectivity index (χ1n) is 7.30. The number of nitrogens with zero attached hydrogens (tertiary/aromatic N) is 2. The second kappa shape index (κ2) is 5.85. The van der Waals surface area contributed by atoms with Crippen LogP contribution < -0.4 is 5.73 Å². The Morgan fingerprint density at radius 2 is 2.14 bits per heavy atom. The fraction of sp³-hybridized carbons (Fsp3) is 0.438. The van der Waals surface area contributed by atoms with Crippen LogP contribution in [-0.2, 0) is 11.3 Å². The van der Waals surface area contributed by atoms with E-state index in [0.29, 0.717) is 22.7 Å². The predicted octanol–water partition coefficient (Wildman–Crippen LogP) is 3.01. The monoisotopic (exact) mass is 289 g/mol. The van der Waals surface area contributed by atoms with Gasteiger partial charge in [-0.1, -0.05) is 0 Å². The summed E-state index contributed by atoms with van der Waals surface area (Å²) in [5, 5.41) is 4.36. The number of halogens is 1. The first-order chi connectivity index (χ1) is 10.1. The quantitative estimate of drug-likeness (QED) is 0.884. The summed E-state index contributed by atoms with van der Waals surface area (Å²) < 4.78 is 21.5. The molecule has 2 heterocycles. The van der Waals surface area contributed by atoms with E-state index < -0.39 is 0 Å². The van der Waals surface area contributed by atoms with Gasteiger partial charge in [-0.25, -0.2) is 4.39 Å². The smallest absolute Gasteiger partial charge is 0.136 e. The highest BCUT2D eigenvalue weighted by molar-refractivity contribution is 5.67. The molecule has 3 rings (SSSR count). The van der Waals surface area contributed by atoms with Crippen molar-refractivity contribution in [1.82, 2.24) is 9.78 Å². The van der Waals surface area contributed by atoms with Crippen molar-refractivity contribution in [3.05, 3.63) is 35.9 Å². The molecule has 0 unspecified atom stereocenters. The van der Waals surface area contributed by atoms with E-state index in [1.165, 1.54) is 0 Å². The van der Waals surface area contributed by atoms with Crippen molar-refractivity contribution >= 4 is 5.69 Å². The molecule has 0 aliphatic carbocycles. The minimum atomic E-state index is -0.263. The van der Waals surface area contributed by atoms with Crippen LogP contribution in [0, 0.1) is 18.7 Å². The minimum Gasteiger partial charge on any atom is -0.398 e. The molecule has 1 aromatic heterocycles. The van der Waals surface area contributed by atoms with Gasteiger partial charge in [0.2, 0.25) is 0 Å². The Balaban J connectivity index is 1.80. The summed E-state index contributed by atoms with van der Waals surface area (Å²) in [4.78, 5) is 0. The largest absolute Gasteiger partial charge is 0.398 e. The molecule has 0 saturated carbocycles. The van der Waals surface area contributed by atoms with Crippen LogP contribution in [0.3, 0.4) is 0 Å². The van der Waals surface area contributed by atoms with Gasteiger partial charge < -0.3 is 10.5 Å². The zero-order valence-corrected chi connectivity index (χ0v) is 12.2. The molecule has 0 spiro atoms. The van der Waals surface area contributed by atoms with Crippen LogP contribution in [-0.4, -0.2) is 23.0 Å². The molecule has 2 aromatic rings. The third kappa shape index (κ3) is 2.93. The van der Waals surface area contributed by atoms with E-state index in [9.17, 15) is 4.39 Å². The van der Waals surface area contributed by atoms with E-state index in [1.54, 1.807) is 25.3 Å². The van der Waals surface area contributed by atoms with Gasteiger partial charge in [0.05, 0.1) is 6.20 Å². The lowest BCUT2D eigenvalue weighted by Gasteiger charge is -2.21. The number of nitrogen functional groups attached to an aromatic ring is 1. The zero-order valence-electron chi connectivity index (χ0n) is 12.2. The molecule has 1 aromatic carbocycles. The standard InChI is InChI=1S/C16H20FN3O/c1-11-15(18)3-2-14(16(11)17)13-8-19-20(10-13)9-12-4-6-21-7-5-12/h2-3,8,10,12H,4-7,9,18H2,1H3. The second-order valence-corrected chi connectivity index (χ2v) is 5.65. The maximum atomic E-state index is 14.3. The number of nitrogens with two attached hydrogens (primary N) is 1. The molecule has 112 valence electrons. The SMILES string of the molecule is Cc1c(N)ccc(-c2cnn(CC3CCOCC3)c2)c1F. The Morgan fingerprint density at radius 3 is 2.90 bits per heavy atom. The van der Waals surface area contributed by atoms with Crippen molar-refractivity contribution in [2.75, 3.05) is 18.9 Å². The number of aromatic nitrogens is 2. The van der Waals surface area contributed by atoms with Gasteiger partial charge in [-0.2, -0.15) is 5.10 Å². The lowest BCUT2D eigenvalue weighted by molar-refractivity contribution is 0.0601. The van der Waals surface area contributed by atoms with Crippen molar-refractivity contribution in [3.8, 4) is 11.1 Å². The molecule has 0 amide bonds. The van der Waals surface area contributed by atoms with Crippen molar-refractivity contribution in [1.29, 1.82) is 0 Å². The van der Waals surface area contributed by atoms with Gasteiger partial charge in [-0.3, -0.25) is 4.68 Å². The molecule has 21 heavy (non-hydrogen) atoms. The molecule has 0 atom stereocenters. The van der Waals surface area contributed by atoms with Gasteiger partial charge in [0.1, 0.15) is 5.82 Å². The molecule has 2 N–H and O–H groups in total. The fourth-order valence-corrected chi connectivity index (χ4v) is 2.72. The number of rotatable bonds is 3. The van der Waals surface area contributed by atoms with Crippen molar-refractivity contribution in [2.45, 2.75) is 26.3 Å². The minimum absolute atomic E-state index is 0.263. The number of hydrogen-bond donors (Lipinski definition) is 1. The Kier molecular flexibility index (Phi) is 3.92. The summed E-state index contributed by atoms with van der Waals surface area (Å²) in [7, 11) is 0. The summed E-state index contributed by atoms with van der Waals surface area (Å²) >= 11 is 0. The third-order valence-corrected chi connectivity index (χ3v) is 4.16. The Hall–Kier alpha value is -1.88. The first kappa shape index (κ1) is 14.1. The van der Waals surface area contributed by atoms with Crippen LogP contribution in [0.5, 0.6) is 0 Å². The number of hydrogen-bond acceptors (Lipinski definition) is 3. The highest BCUT2D eigenvalue weighted by atomic mass is 19.1. The molecule has 0 radical (unpaired) electrons. The summed E-state index contributed by atoms with van der Waals surface area (Å²) in [6.07, 6.45) is 5.74. The highest BCUT2D eigenvalue weighted by Gasteiger charge is 2.16. The van der Waals surface area contributed by atoms with Crippen molar-refractivity contribution in [2.24, 2.45) is 5.92 Å². The molecular weight excluding hydrogens is 269 g/mol. The fourth-order valence-electron chi connectivity index (χ4n) is 2.72. The maximum absolute atomic E-state index is 14.3. The lowest BCUT2D eigenvalue weighted by Crippen LogP contribution is -2.20. The van der Waals surface area contributed by atoms with Gasteiger partial charge in [0.15, 0.2) is 0 Å². The van der Waals surface area contributed by atoms with Crippen molar-refractivity contribution < 1.29 is 9.13 Å². The Labute approximate surface area is 123 Å². The second-order valence-electron chi connectivity index (χ2n) is 5.65. The summed E-state index contributed by atoms with van der Waals surface area (Å²) in [6.45, 7) is 4.20. The molecule has 1 saturated heterocycles. The Morgan fingerprint density at radius 1 is 1.38 bits per heavy atom. The van der Waals surface area contributed by atoms with E-state index in [1.807, 2.05) is 10.9 Å². The van der Waals surface area contributed by atoms with E-state index in [0.717, 1.165) is 38.2 Å². The van der Waals surface area contributed by atoms with Crippen LogP contribution >= 0.6 is 0 Å². The first-order valence-corrected chi connectivity index (χ1v) is 7.30. The Bertz CT molecular complexity index is 632. The molecule has 5 heteroatoms. The van der Waals surface area contributed by atoms with E-state index >= 15 is 0 Å². The van der Waals surface area contributed by atoms with Gasteiger partial charge in [0, 0.05) is 48.3 Å². The van der Waals surface area contributed by atoms with E-state index in [2.05, 4.69) is 5.10 Å². The van der Waals surface area contributed by atoms with E-state index in [-0.39, 0.29) is 5.82 Å². The van der Waals surface area contributed by atoms with E-state index in [4.69, 9.17) is 10.5 Å². The summed E-state index contributed by atoms with van der Waals surface area (Å²) in [5.41, 5.74) is 8.04. The molecule has 1 fully saturated rings. The van der Waals surface area contributed by atoms with Gasteiger partial charge in [-0.05, 0) is 37.8 Å². The van der Waals surface area contributed by atoms with Gasteiger partial charge >= 0.3 is 0 Å². The topological polar surface area (TPSA) is 53.1 Å². The van der Waals surface area contributed by atoms with Crippen LogP contribution in [0.1, 0.15) is 18.4 Å². The average Bonchev–Trinajstić information content (AvgIpc) is 2.94.